The van der Waals surface area contributed by atoms with E-state index in [4.69, 9.17) is 4.74 Å². The van der Waals surface area contributed by atoms with Crippen molar-refractivity contribution in [2.75, 3.05) is 6.61 Å². The molecule has 4 rings (SSSR count). The summed E-state index contributed by atoms with van der Waals surface area (Å²) in [6, 6.07) is 7.38. The van der Waals surface area contributed by atoms with Crippen LogP contribution in [0.2, 0.25) is 0 Å². The Morgan fingerprint density at radius 1 is 1.12 bits per heavy atom. The molecule has 0 bridgehead atoms. The van der Waals surface area contributed by atoms with Gasteiger partial charge in [0.1, 0.15) is 0 Å². The van der Waals surface area contributed by atoms with Crippen LogP contribution in [0.15, 0.2) is 49.1 Å². The summed E-state index contributed by atoms with van der Waals surface area (Å²) in [5, 5.41) is 0. The molecule has 120 valence electrons. The van der Waals surface area contributed by atoms with E-state index in [0.29, 0.717) is 12.2 Å². The maximum Gasteiger partial charge on any atom is 0.338 e. The molecule has 0 aliphatic carbocycles. The lowest BCUT2D eigenvalue weighted by atomic mass is 10.1. The molecular formula is C17H16N5O2+. The Hall–Kier alpha value is -3.22. The third kappa shape index (κ3) is 2.13. The minimum absolute atomic E-state index is 0.304. The standard InChI is InChI=1S/C17H16N5O2/c1-3-24-17(23)13-6-4-12(5-7-13)14-10-21-16-15(18-8-9-19-16)20(2)22(21)11-14/h4-11H,3H2,1-2H3/q+1. The summed E-state index contributed by atoms with van der Waals surface area (Å²) in [7, 11) is 1.94. The van der Waals surface area contributed by atoms with Gasteiger partial charge in [-0.05, 0) is 24.6 Å². The lowest BCUT2D eigenvalue weighted by Gasteiger charge is -2.02. The highest BCUT2D eigenvalue weighted by molar-refractivity contribution is 5.90. The monoisotopic (exact) mass is 322 g/mol. The lowest BCUT2D eigenvalue weighted by molar-refractivity contribution is -0.694. The second kappa shape index (κ2) is 5.45. The van der Waals surface area contributed by atoms with Gasteiger partial charge in [0.15, 0.2) is 0 Å². The van der Waals surface area contributed by atoms with Crippen LogP contribution < -0.4 is 4.63 Å². The number of ether oxygens (including phenoxy) is 1. The van der Waals surface area contributed by atoms with E-state index in [2.05, 4.69) is 9.97 Å². The molecule has 3 aromatic heterocycles. The molecule has 0 saturated carbocycles. The Morgan fingerprint density at radius 3 is 2.54 bits per heavy atom. The van der Waals surface area contributed by atoms with E-state index in [1.165, 1.54) is 0 Å². The molecule has 0 unspecified atom stereocenters. The summed E-state index contributed by atoms with van der Waals surface area (Å²) >= 11 is 0. The van der Waals surface area contributed by atoms with Crippen molar-refractivity contribution in [1.82, 2.24) is 19.2 Å². The van der Waals surface area contributed by atoms with E-state index in [1.807, 2.05) is 45.4 Å². The smallest absolute Gasteiger partial charge is 0.338 e. The van der Waals surface area contributed by atoms with Crippen molar-refractivity contribution in [1.29, 1.82) is 0 Å². The van der Waals surface area contributed by atoms with Gasteiger partial charge in [-0.25, -0.2) is 14.8 Å². The second-order valence-electron chi connectivity index (χ2n) is 5.40. The summed E-state index contributed by atoms with van der Waals surface area (Å²) in [5.41, 5.74) is 4.18. The van der Waals surface area contributed by atoms with Crippen LogP contribution in [0.4, 0.5) is 0 Å². The number of rotatable bonds is 3. The van der Waals surface area contributed by atoms with Gasteiger partial charge in [-0.2, -0.15) is 0 Å². The fourth-order valence-corrected chi connectivity index (χ4v) is 2.77. The number of hydrogen-bond acceptors (Lipinski definition) is 4. The Kier molecular flexibility index (Phi) is 3.26. The van der Waals surface area contributed by atoms with Crippen molar-refractivity contribution in [3.8, 4) is 11.1 Å². The summed E-state index contributed by atoms with van der Waals surface area (Å²) in [4.78, 5) is 20.5. The van der Waals surface area contributed by atoms with Crippen LogP contribution in [-0.2, 0) is 11.8 Å². The van der Waals surface area contributed by atoms with Gasteiger partial charge in [0.05, 0.1) is 31.0 Å². The van der Waals surface area contributed by atoms with Gasteiger partial charge in [0.25, 0.3) is 0 Å². The fourth-order valence-electron chi connectivity index (χ4n) is 2.77. The molecule has 7 heteroatoms. The summed E-state index contributed by atoms with van der Waals surface area (Å²) < 4.78 is 10.8. The van der Waals surface area contributed by atoms with Gasteiger partial charge in [0.2, 0.25) is 17.5 Å². The van der Waals surface area contributed by atoms with Crippen LogP contribution in [0.3, 0.4) is 0 Å². The first-order valence-electron chi connectivity index (χ1n) is 7.66. The zero-order valence-electron chi connectivity index (χ0n) is 13.4. The van der Waals surface area contributed by atoms with Crippen LogP contribution in [0.25, 0.3) is 22.4 Å². The fraction of sp³-hybridized carbons (Fsp3) is 0.176. The van der Waals surface area contributed by atoms with Gasteiger partial charge in [0, 0.05) is 17.0 Å². The molecule has 0 saturated heterocycles. The largest absolute Gasteiger partial charge is 0.462 e. The molecule has 24 heavy (non-hydrogen) atoms. The maximum atomic E-state index is 11.7. The van der Waals surface area contributed by atoms with Crippen LogP contribution in [0, 0.1) is 0 Å². The topological polar surface area (TPSA) is 65.5 Å². The number of fused-ring (bicyclic) bond motifs is 3. The molecule has 1 aromatic carbocycles. The van der Waals surface area contributed by atoms with E-state index in [9.17, 15) is 4.79 Å². The minimum Gasteiger partial charge on any atom is -0.462 e. The summed E-state index contributed by atoms with van der Waals surface area (Å²) in [6.45, 7) is 2.17. The molecule has 3 heterocycles. The van der Waals surface area contributed by atoms with Gasteiger partial charge in [-0.3, -0.25) is 0 Å². The highest BCUT2D eigenvalue weighted by Gasteiger charge is 2.20. The van der Waals surface area contributed by atoms with E-state index in [-0.39, 0.29) is 5.97 Å². The molecule has 0 amide bonds. The van der Waals surface area contributed by atoms with E-state index in [1.54, 1.807) is 31.5 Å². The average Bonchev–Trinajstić information content (AvgIpc) is 3.16. The molecule has 7 nitrogen and oxygen atoms in total. The Labute approximate surface area is 137 Å². The molecule has 0 spiro atoms. The number of hydrogen-bond donors (Lipinski definition) is 0. The zero-order valence-corrected chi connectivity index (χ0v) is 13.4. The number of aryl methyl sites for hydroxylation is 1. The second-order valence-corrected chi connectivity index (χ2v) is 5.40. The molecule has 0 atom stereocenters. The Morgan fingerprint density at radius 2 is 1.83 bits per heavy atom. The zero-order chi connectivity index (χ0) is 16.7. The first-order chi connectivity index (χ1) is 11.7. The van der Waals surface area contributed by atoms with Crippen LogP contribution in [0.1, 0.15) is 17.3 Å². The number of benzene rings is 1. The molecular weight excluding hydrogens is 306 g/mol. The normalized spacial score (nSPS) is 11.2. The highest BCUT2D eigenvalue weighted by atomic mass is 16.5. The number of aromatic nitrogens is 5. The van der Waals surface area contributed by atoms with Crippen molar-refractivity contribution < 1.29 is 14.2 Å². The predicted molar refractivity (Wildman–Crippen MR) is 86.5 cm³/mol. The summed E-state index contributed by atoms with van der Waals surface area (Å²) in [6.07, 6.45) is 7.35. The lowest BCUT2D eigenvalue weighted by Crippen LogP contribution is -2.33. The third-order valence-electron chi connectivity index (χ3n) is 3.96. The summed E-state index contributed by atoms with van der Waals surface area (Å²) in [5.74, 6) is -0.304. The van der Waals surface area contributed by atoms with Crippen molar-refractivity contribution in [2.24, 2.45) is 7.05 Å². The average molecular weight is 322 g/mol. The first kappa shape index (κ1) is 14.4. The highest BCUT2D eigenvalue weighted by Crippen LogP contribution is 2.20. The van der Waals surface area contributed by atoms with Crippen LogP contribution >= 0.6 is 0 Å². The van der Waals surface area contributed by atoms with Crippen LogP contribution in [-0.4, -0.2) is 31.7 Å². The van der Waals surface area contributed by atoms with Crippen molar-refractivity contribution >= 4 is 17.3 Å². The predicted octanol–water partition coefficient (Wildman–Crippen LogP) is 1.65. The van der Waals surface area contributed by atoms with Crippen molar-refractivity contribution in [2.45, 2.75) is 6.92 Å². The third-order valence-corrected chi connectivity index (χ3v) is 3.96. The minimum atomic E-state index is -0.304. The van der Waals surface area contributed by atoms with Gasteiger partial charge in [-0.1, -0.05) is 16.6 Å². The van der Waals surface area contributed by atoms with Crippen molar-refractivity contribution in [3.63, 3.8) is 0 Å². The Balaban J connectivity index is 1.77. The number of esters is 1. The molecule has 0 radical (unpaired) electrons. The molecule has 0 aliphatic rings. The quantitative estimate of drug-likeness (QED) is 0.425. The van der Waals surface area contributed by atoms with Gasteiger partial charge in [-0.15, -0.1) is 4.68 Å². The maximum absolute atomic E-state index is 11.7. The van der Waals surface area contributed by atoms with E-state index < -0.39 is 0 Å². The van der Waals surface area contributed by atoms with Crippen molar-refractivity contribution in [3.05, 3.63) is 54.6 Å². The van der Waals surface area contributed by atoms with E-state index >= 15 is 0 Å². The van der Waals surface area contributed by atoms with Gasteiger partial charge < -0.3 is 4.74 Å². The molecule has 4 aromatic rings. The molecule has 0 fully saturated rings. The number of nitrogens with zero attached hydrogens (tertiary/aromatic N) is 5. The Bertz CT molecular complexity index is 1050. The van der Waals surface area contributed by atoms with E-state index in [0.717, 1.165) is 22.4 Å². The molecule has 0 N–H and O–H groups in total. The van der Waals surface area contributed by atoms with Crippen LogP contribution in [0.5, 0.6) is 0 Å². The molecule has 0 aliphatic heterocycles. The number of carbonyl (C=O) groups is 1. The SMILES string of the molecule is CCOC(=O)c1ccc(-c2cn3c4nccnc4n(C)[n+]3c2)cc1. The first-order valence-corrected chi connectivity index (χ1v) is 7.66. The number of carbonyl (C=O) groups excluding carboxylic acids is 1. The van der Waals surface area contributed by atoms with Gasteiger partial charge >= 0.3 is 5.97 Å².